The fraction of sp³-hybridized carbons (Fsp3) is 0.597. The lowest BCUT2D eigenvalue weighted by molar-refractivity contribution is -0.384. The number of guanidine groups is 1. The number of carboxylic acid groups (broad SMARTS) is 1. The largest absolute Gasteiger partial charge is 0.490 e. The summed E-state index contributed by atoms with van der Waals surface area (Å²) >= 11 is 0. The predicted octanol–water partition coefficient (Wildman–Crippen LogP) is -3.67. The molecule has 15 atom stereocenters. The number of hydrogen-bond acceptors (Lipinski definition) is 23. The number of aliphatic hydroxyl groups is 4. The Bertz CT molecular complexity index is 3560. The molecule has 21 N–H and O–H groups in total. The van der Waals surface area contributed by atoms with Gasteiger partial charge in [0.15, 0.2) is 24.2 Å². The van der Waals surface area contributed by atoms with Gasteiger partial charge in [-0.05, 0) is 88.7 Å². The molecule has 0 aliphatic carbocycles. The zero-order valence-electron chi connectivity index (χ0n) is 61.6. The number of nitrogens with two attached hydrogens (primary N) is 3. The van der Waals surface area contributed by atoms with Crippen LogP contribution in [0.5, 0.6) is 0 Å². The van der Waals surface area contributed by atoms with Crippen LogP contribution in [-0.4, -0.2) is 241 Å². The molecule has 42 heteroatoms. The monoisotopic (exact) mass is 1550 g/mol. The van der Waals surface area contributed by atoms with E-state index in [1.165, 1.54) is 56.3 Å². The van der Waals surface area contributed by atoms with E-state index in [0.29, 0.717) is 6.42 Å². The fourth-order valence-corrected chi connectivity index (χ4v) is 10.7. The van der Waals surface area contributed by atoms with Crippen molar-refractivity contribution in [2.75, 3.05) is 26.2 Å². The van der Waals surface area contributed by atoms with E-state index in [0.717, 1.165) is 24.0 Å². The Morgan fingerprint density at radius 2 is 1.29 bits per heavy atom. The van der Waals surface area contributed by atoms with E-state index in [1.54, 1.807) is 48.5 Å². The summed E-state index contributed by atoms with van der Waals surface area (Å²) in [6, 6.07) is -7.54. The Kier molecular flexibility index (Phi) is 36.1. The number of nitrogens with one attached hydrogen (secondary N) is 10. The number of benzene rings is 2. The fourth-order valence-electron chi connectivity index (χ4n) is 10.7. The number of primary amides is 1. The van der Waals surface area contributed by atoms with Crippen molar-refractivity contribution < 1.29 is 120 Å². The second-order valence-corrected chi connectivity index (χ2v) is 27.5. The van der Waals surface area contributed by atoms with Crippen LogP contribution in [0.4, 0.5) is 23.7 Å². The molecule has 606 valence electrons. The molecule has 0 bridgehead atoms. The number of hydrogen-bond donors (Lipinski definition) is 18. The molecule has 2 fully saturated rings. The van der Waals surface area contributed by atoms with Crippen molar-refractivity contribution in [1.29, 1.82) is 0 Å². The first-order chi connectivity index (χ1) is 50.7. The average Bonchev–Trinajstić information content (AvgIpc) is 1.56. The van der Waals surface area contributed by atoms with Crippen molar-refractivity contribution >= 4 is 94.7 Å². The molecule has 12 amide bonds. The van der Waals surface area contributed by atoms with Crippen molar-refractivity contribution in [3.63, 3.8) is 0 Å². The molecule has 2 heterocycles. The molecule has 0 radical (unpaired) electrons. The van der Waals surface area contributed by atoms with Crippen molar-refractivity contribution in [1.82, 2.24) is 58.1 Å². The summed E-state index contributed by atoms with van der Waals surface area (Å²) in [5.74, 6) is -20.8. The van der Waals surface area contributed by atoms with E-state index >= 15 is 14.4 Å². The number of aliphatic carboxylic acids is 1. The second-order valence-electron chi connectivity index (χ2n) is 27.5. The molecule has 39 nitrogen and oxygen atoms in total. The molecule has 4 rings (SSSR count). The number of likely N-dealkylation sites (tertiary alicyclic amines) is 1. The van der Waals surface area contributed by atoms with E-state index < -0.39 is 222 Å². The molecule has 2 aliphatic heterocycles. The maximum absolute atomic E-state index is 15.7. The number of amides is 12. The number of aliphatic imine (C=N–C) groups is 1. The van der Waals surface area contributed by atoms with Gasteiger partial charge >= 0.3 is 24.2 Å². The number of aliphatic hydroxyl groups excluding tert-OH is 4. The standard InChI is InChI=1S/C65H98N16O21.C2HF3O2/c1-11-33(6)44-58(93)77-45(34(7)83)57(92)70-29-43(84)75-47(50(86)52(66)87)60(95)74-41(30-82)62(97)101-51(36-17-13-12-14-18-36)48(79-55(90)40(28-35-21-23-37(24-22-35)81(99)100)72-56(91)42-20-16-26-80(42)64(98)102-65(8,9)10)61(96)78-46(49(85)32(4)5)59(94)73-39(27-31(2)3)54(89)71-38(53(88)76-44)19-15-25-69-63(67)68;3-2(4,5)1(6)7/h12-14,17-18,21-24,31-34,38-42,44-51,82-83,85-86H,11,15-16,19-20,25-30H2,1-10H3,(H2,66,87)(H,70,92)(H,71,89)(H,72,91)(H,73,94)(H,74,95)(H,75,84)(H,76,88)(H,77,93)(H,78,96)(H,79,90)(H4,67,68,69);(H,6,7)/t33-,34-,38+,39-,40-,41-,42+,44-,45-,46-,47-,48-,49+,50-,51+;/m0./s1. The van der Waals surface area contributed by atoms with Gasteiger partial charge in [-0.1, -0.05) is 90.4 Å². The Balaban J connectivity index is 0.00000418. The third-order valence-corrected chi connectivity index (χ3v) is 16.7. The highest BCUT2D eigenvalue weighted by molar-refractivity contribution is 6.00. The molecule has 0 aromatic heterocycles. The lowest BCUT2D eigenvalue weighted by atomic mass is 9.95. The summed E-state index contributed by atoms with van der Waals surface area (Å²) in [6.07, 6.45) is -14.8. The van der Waals surface area contributed by atoms with Crippen molar-refractivity contribution in [3.8, 4) is 0 Å². The highest BCUT2D eigenvalue weighted by atomic mass is 19.4. The van der Waals surface area contributed by atoms with Gasteiger partial charge in [-0.3, -0.25) is 72.7 Å². The number of nitro benzene ring substituents is 1. The Morgan fingerprint density at radius 1 is 0.743 bits per heavy atom. The van der Waals surface area contributed by atoms with E-state index in [9.17, 15) is 91.7 Å². The van der Waals surface area contributed by atoms with Gasteiger partial charge in [-0.2, -0.15) is 13.2 Å². The molecular formula is C67H99F3N16O23. The third kappa shape index (κ3) is 29.7. The topological polar surface area (TPSA) is 616 Å². The van der Waals surface area contributed by atoms with E-state index in [4.69, 9.17) is 36.6 Å². The quantitative estimate of drug-likeness (QED) is 0.0135. The number of alkyl halides is 3. The average molecular weight is 1550 g/mol. The van der Waals surface area contributed by atoms with Gasteiger partial charge in [0.2, 0.25) is 65.0 Å². The highest BCUT2D eigenvalue weighted by Gasteiger charge is 2.45. The Morgan fingerprint density at radius 3 is 1.82 bits per heavy atom. The van der Waals surface area contributed by atoms with Crippen LogP contribution in [0, 0.1) is 27.9 Å². The van der Waals surface area contributed by atoms with Gasteiger partial charge in [-0.15, -0.1) is 0 Å². The number of carbonyl (C=O) groups is 14. The lowest BCUT2D eigenvalue weighted by Crippen LogP contribution is -2.64. The maximum atomic E-state index is 15.7. The van der Waals surface area contributed by atoms with E-state index in [2.05, 4.69) is 47.5 Å². The van der Waals surface area contributed by atoms with Gasteiger partial charge in [-0.25, -0.2) is 14.4 Å². The first-order valence-corrected chi connectivity index (χ1v) is 34.5. The number of non-ortho nitro benzene ring substituents is 1. The van der Waals surface area contributed by atoms with Crippen molar-refractivity contribution in [3.05, 3.63) is 75.8 Å². The first kappa shape index (κ1) is 92.3. The number of halogens is 3. The summed E-state index contributed by atoms with van der Waals surface area (Å²) in [6.45, 7) is 12.7. The van der Waals surface area contributed by atoms with Crippen LogP contribution in [0.25, 0.3) is 0 Å². The molecule has 0 saturated carbocycles. The zero-order valence-corrected chi connectivity index (χ0v) is 61.6. The number of nitro groups is 1. The lowest BCUT2D eigenvalue weighted by Gasteiger charge is -2.34. The number of ether oxygens (including phenoxy) is 2. The minimum absolute atomic E-state index is 0.00609. The van der Waals surface area contributed by atoms with Crippen LogP contribution in [0.3, 0.4) is 0 Å². The highest BCUT2D eigenvalue weighted by Crippen LogP contribution is 2.27. The zero-order chi connectivity index (χ0) is 82.7. The van der Waals surface area contributed by atoms with Crippen LogP contribution in [0.1, 0.15) is 125 Å². The molecule has 0 unspecified atom stereocenters. The number of rotatable bonds is 22. The smallest absolute Gasteiger partial charge is 0.475 e. The van der Waals surface area contributed by atoms with Crippen LogP contribution in [-0.2, 0) is 78.2 Å². The second kappa shape index (κ2) is 42.6. The van der Waals surface area contributed by atoms with E-state index in [1.807, 2.05) is 10.6 Å². The normalized spacial score (nSPS) is 23.5. The van der Waals surface area contributed by atoms with Gasteiger partial charge in [0.05, 0.1) is 30.3 Å². The first-order valence-electron chi connectivity index (χ1n) is 34.5. The number of carbonyl (C=O) groups excluding carboxylic acids is 13. The van der Waals surface area contributed by atoms with Crippen molar-refractivity contribution in [2.24, 2.45) is 39.9 Å². The summed E-state index contributed by atoms with van der Waals surface area (Å²) in [5, 5.41) is 87.1. The molecule has 2 aliphatic rings. The summed E-state index contributed by atoms with van der Waals surface area (Å²) in [5.41, 5.74) is 15.1. The third-order valence-electron chi connectivity index (χ3n) is 16.7. The summed E-state index contributed by atoms with van der Waals surface area (Å²) in [4.78, 5) is 212. The molecule has 2 saturated heterocycles. The molecular weight excluding hydrogens is 1450 g/mol. The summed E-state index contributed by atoms with van der Waals surface area (Å²) < 4.78 is 43.3. The summed E-state index contributed by atoms with van der Waals surface area (Å²) in [7, 11) is 0. The molecule has 109 heavy (non-hydrogen) atoms. The predicted molar refractivity (Wildman–Crippen MR) is 376 cm³/mol. The van der Waals surface area contributed by atoms with Crippen LogP contribution in [0.2, 0.25) is 0 Å². The van der Waals surface area contributed by atoms with Gasteiger partial charge in [0, 0.05) is 31.6 Å². The number of nitrogens with zero attached hydrogens (tertiary/aromatic N) is 3. The molecule has 2 aromatic carbocycles. The maximum Gasteiger partial charge on any atom is 0.490 e. The number of esters is 1. The van der Waals surface area contributed by atoms with Gasteiger partial charge in [0.25, 0.3) is 5.69 Å². The minimum atomic E-state index is -5.08. The SMILES string of the molecule is CC[C@H](C)[C@@H]1NC(=O)[C@@H](CCCN=C(N)N)NC(=O)[C@H](CC(C)C)NC(=O)[C@H]([C@H](O)C(C)C)NC(=O)[C@@H](NC(=O)[C@H](Cc2ccc([N+](=O)[O-])cc2)NC(=O)[C@H]2CCCN2C(=O)OC(C)(C)C)[C@@H](c2ccccc2)OC(=O)[C@H](CO)NC(=O)[C@H]([C@H](O)C(N)=O)NC(=O)CNC(=O)[C@H]([C@H](C)O)NC1=O.O=C(O)C(F)(F)F. The molecule has 2 aromatic rings. The van der Waals surface area contributed by atoms with Crippen LogP contribution < -0.4 is 70.4 Å². The van der Waals surface area contributed by atoms with Gasteiger partial charge in [0.1, 0.15) is 60.0 Å². The van der Waals surface area contributed by atoms with Crippen molar-refractivity contribution in [2.45, 2.75) is 211 Å². The Hall–Kier alpha value is -10.9. The minimum Gasteiger partial charge on any atom is -0.475 e. The van der Waals surface area contributed by atoms with Crippen LogP contribution >= 0.6 is 0 Å². The van der Waals surface area contributed by atoms with Crippen LogP contribution in [0.15, 0.2) is 59.6 Å². The number of cyclic esters (lactones) is 1. The van der Waals surface area contributed by atoms with Gasteiger partial charge < -0.3 is 105 Å². The van der Waals surface area contributed by atoms with E-state index in [-0.39, 0.29) is 68.0 Å². The Labute approximate surface area is 623 Å². The number of carboxylic acids is 1. The molecule has 0 spiro atoms.